The monoisotopic (exact) mass is 366 g/mol. The lowest BCUT2D eigenvalue weighted by atomic mass is 10.3. The predicted molar refractivity (Wildman–Crippen MR) is 99.4 cm³/mol. The zero-order valence-corrected chi connectivity index (χ0v) is 15.7. The Hall–Kier alpha value is -1.80. The van der Waals surface area contributed by atoms with Crippen molar-refractivity contribution in [3.05, 3.63) is 24.3 Å². The Labute approximate surface area is 150 Å². The largest absolute Gasteiger partial charge is 0.492 e. The minimum absolute atomic E-state index is 0.0146. The summed E-state index contributed by atoms with van der Waals surface area (Å²) in [6.45, 7) is 6.58. The van der Waals surface area contributed by atoms with Crippen molar-refractivity contribution < 1.29 is 9.53 Å². The van der Waals surface area contributed by atoms with Gasteiger partial charge in [-0.1, -0.05) is 42.2 Å². The van der Waals surface area contributed by atoms with E-state index < -0.39 is 0 Å². The number of para-hydroxylation sites is 2. The smallest absolute Gasteiger partial charge is 0.230 e. The van der Waals surface area contributed by atoms with Crippen molar-refractivity contribution in [3.8, 4) is 5.75 Å². The fraction of sp³-hybridized carbons (Fsp3) is 0.438. The first-order valence-corrected chi connectivity index (χ1v) is 9.67. The molecule has 1 aromatic carbocycles. The maximum absolute atomic E-state index is 11.8. The first-order chi connectivity index (χ1) is 11.6. The molecule has 1 atom stereocenters. The topological polar surface area (TPSA) is 76.1 Å². The summed E-state index contributed by atoms with van der Waals surface area (Å²) >= 11 is 2.80. The lowest BCUT2D eigenvalue weighted by molar-refractivity contribution is -0.119. The van der Waals surface area contributed by atoms with Gasteiger partial charge in [-0.3, -0.25) is 4.79 Å². The summed E-state index contributed by atoms with van der Waals surface area (Å²) in [5.41, 5.74) is 0.849. The molecule has 2 N–H and O–H groups in total. The summed E-state index contributed by atoms with van der Waals surface area (Å²) in [6.07, 6.45) is 0.919. The third-order valence-electron chi connectivity index (χ3n) is 3.18. The second-order valence-electron chi connectivity index (χ2n) is 5.09. The van der Waals surface area contributed by atoms with E-state index in [1.807, 2.05) is 45.0 Å². The SMILES string of the molecule is CCOc1ccccc1Nc1nnc(SCC(=O)N[C@H](C)CC)s1. The van der Waals surface area contributed by atoms with Gasteiger partial charge in [-0.25, -0.2) is 0 Å². The summed E-state index contributed by atoms with van der Waals surface area (Å²) in [5, 5.41) is 15.0. The minimum Gasteiger partial charge on any atom is -0.492 e. The zero-order chi connectivity index (χ0) is 17.4. The van der Waals surface area contributed by atoms with Gasteiger partial charge >= 0.3 is 0 Å². The lowest BCUT2D eigenvalue weighted by Gasteiger charge is -2.10. The van der Waals surface area contributed by atoms with E-state index in [9.17, 15) is 4.79 Å². The number of nitrogens with one attached hydrogen (secondary N) is 2. The number of hydrogen-bond acceptors (Lipinski definition) is 7. The number of aromatic nitrogens is 2. The second kappa shape index (κ2) is 9.48. The van der Waals surface area contributed by atoms with Crippen LogP contribution in [0.15, 0.2) is 28.6 Å². The highest BCUT2D eigenvalue weighted by Crippen LogP contribution is 2.31. The van der Waals surface area contributed by atoms with Gasteiger partial charge in [-0.15, -0.1) is 10.2 Å². The molecule has 1 amide bonds. The molecule has 0 aliphatic rings. The van der Waals surface area contributed by atoms with E-state index in [-0.39, 0.29) is 11.9 Å². The first kappa shape index (κ1) is 18.5. The number of nitrogens with zero attached hydrogens (tertiary/aromatic N) is 2. The van der Waals surface area contributed by atoms with Crippen LogP contribution >= 0.6 is 23.1 Å². The molecule has 1 aromatic heterocycles. The standard InChI is InChI=1S/C16H22N4O2S2/c1-4-11(3)17-14(21)10-23-16-20-19-15(24-16)18-12-8-6-7-9-13(12)22-5-2/h6-9,11H,4-5,10H2,1-3H3,(H,17,21)(H,18,19)/t11-/m1/s1. The molecular formula is C16H22N4O2S2. The van der Waals surface area contributed by atoms with Gasteiger partial charge in [0.1, 0.15) is 5.75 Å². The van der Waals surface area contributed by atoms with Gasteiger partial charge in [-0.05, 0) is 32.4 Å². The van der Waals surface area contributed by atoms with E-state index in [0.717, 1.165) is 22.2 Å². The van der Waals surface area contributed by atoms with Crippen molar-refractivity contribution in [3.63, 3.8) is 0 Å². The van der Waals surface area contributed by atoms with Gasteiger partial charge in [0.05, 0.1) is 18.0 Å². The van der Waals surface area contributed by atoms with Crippen molar-refractivity contribution in [1.82, 2.24) is 15.5 Å². The maximum atomic E-state index is 11.8. The summed E-state index contributed by atoms with van der Waals surface area (Å²) in [6, 6.07) is 7.88. The van der Waals surface area contributed by atoms with Gasteiger partial charge in [0.2, 0.25) is 11.0 Å². The molecule has 2 rings (SSSR count). The molecule has 24 heavy (non-hydrogen) atoms. The van der Waals surface area contributed by atoms with Gasteiger partial charge in [0, 0.05) is 6.04 Å². The molecule has 0 bridgehead atoms. The average molecular weight is 367 g/mol. The molecule has 0 unspecified atom stereocenters. The van der Waals surface area contributed by atoms with Crippen LogP contribution in [0.2, 0.25) is 0 Å². The van der Waals surface area contributed by atoms with Crippen molar-refractivity contribution >= 4 is 39.8 Å². The van der Waals surface area contributed by atoms with Crippen LogP contribution in [-0.4, -0.2) is 34.5 Å². The quantitative estimate of drug-likeness (QED) is 0.659. The second-order valence-corrected chi connectivity index (χ2v) is 7.29. The van der Waals surface area contributed by atoms with E-state index in [2.05, 4.69) is 20.8 Å². The fourth-order valence-corrected chi connectivity index (χ4v) is 3.41. The number of thioether (sulfide) groups is 1. The van der Waals surface area contributed by atoms with E-state index in [4.69, 9.17) is 4.74 Å². The van der Waals surface area contributed by atoms with Crippen LogP contribution in [0.25, 0.3) is 0 Å². The Morgan fingerprint density at radius 1 is 1.33 bits per heavy atom. The Kier molecular flexibility index (Phi) is 7.33. The van der Waals surface area contributed by atoms with Gasteiger partial charge in [0.15, 0.2) is 4.34 Å². The Bertz CT molecular complexity index is 663. The predicted octanol–water partition coefficient (Wildman–Crippen LogP) is 3.69. The molecule has 6 nitrogen and oxygen atoms in total. The summed E-state index contributed by atoms with van der Waals surface area (Å²) in [4.78, 5) is 11.8. The van der Waals surface area contributed by atoms with Crippen LogP contribution in [0.1, 0.15) is 27.2 Å². The highest BCUT2D eigenvalue weighted by molar-refractivity contribution is 8.01. The molecule has 1 heterocycles. The fourth-order valence-electron chi connectivity index (χ4n) is 1.83. The van der Waals surface area contributed by atoms with Crippen molar-refractivity contribution in [2.45, 2.75) is 37.6 Å². The maximum Gasteiger partial charge on any atom is 0.230 e. The first-order valence-electron chi connectivity index (χ1n) is 7.86. The van der Waals surface area contributed by atoms with Crippen molar-refractivity contribution in [2.24, 2.45) is 0 Å². The summed E-state index contributed by atoms with van der Waals surface area (Å²) < 4.78 is 6.33. The highest BCUT2D eigenvalue weighted by Gasteiger charge is 2.11. The average Bonchev–Trinajstić information content (AvgIpc) is 3.02. The van der Waals surface area contributed by atoms with Crippen molar-refractivity contribution in [2.75, 3.05) is 17.7 Å². The summed E-state index contributed by atoms with van der Waals surface area (Å²) in [7, 11) is 0. The van der Waals surface area contributed by atoms with Crippen LogP contribution in [0.5, 0.6) is 5.75 Å². The molecule has 8 heteroatoms. The molecule has 0 saturated heterocycles. The van der Waals surface area contributed by atoms with Crippen molar-refractivity contribution in [1.29, 1.82) is 0 Å². The minimum atomic E-state index is 0.0146. The molecule has 130 valence electrons. The van der Waals surface area contributed by atoms with Gasteiger partial charge in [-0.2, -0.15) is 0 Å². The molecular weight excluding hydrogens is 344 g/mol. The van der Waals surface area contributed by atoms with Crippen LogP contribution < -0.4 is 15.4 Å². The molecule has 0 saturated carbocycles. The Morgan fingerprint density at radius 2 is 2.12 bits per heavy atom. The lowest BCUT2D eigenvalue weighted by Crippen LogP contribution is -2.33. The zero-order valence-electron chi connectivity index (χ0n) is 14.0. The molecule has 2 aromatic rings. The molecule has 0 aliphatic carbocycles. The Morgan fingerprint density at radius 3 is 2.88 bits per heavy atom. The Balaban J connectivity index is 1.90. The van der Waals surface area contributed by atoms with E-state index in [1.54, 1.807) is 0 Å². The molecule has 0 fully saturated rings. The van der Waals surface area contributed by atoms with Crippen LogP contribution in [0.4, 0.5) is 10.8 Å². The normalized spacial score (nSPS) is 11.8. The number of anilines is 2. The number of carbonyl (C=O) groups is 1. The van der Waals surface area contributed by atoms with Gasteiger partial charge in [0.25, 0.3) is 0 Å². The van der Waals surface area contributed by atoms with Crippen LogP contribution in [0.3, 0.4) is 0 Å². The van der Waals surface area contributed by atoms with Crippen LogP contribution in [-0.2, 0) is 4.79 Å². The highest BCUT2D eigenvalue weighted by atomic mass is 32.2. The van der Waals surface area contributed by atoms with Crippen LogP contribution in [0, 0.1) is 0 Å². The van der Waals surface area contributed by atoms with E-state index >= 15 is 0 Å². The number of carbonyl (C=O) groups excluding carboxylic acids is 1. The third kappa shape index (κ3) is 5.68. The van der Waals surface area contributed by atoms with E-state index in [0.29, 0.717) is 17.5 Å². The third-order valence-corrected chi connectivity index (χ3v) is 5.15. The number of amides is 1. The van der Waals surface area contributed by atoms with E-state index in [1.165, 1.54) is 23.1 Å². The van der Waals surface area contributed by atoms with Gasteiger partial charge < -0.3 is 15.4 Å². The number of hydrogen-bond donors (Lipinski definition) is 2. The number of ether oxygens (including phenoxy) is 1. The number of benzene rings is 1. The summed E-state index contributed by atoms with van der Waals surface area (Å²) in [5.74, 6) is 1.13. The molecule has 0 spiro atoms. The number of rotatable bonds is 9. The molecule has 0 aliphatic heterocycles. The molecule has 0 radical (unpaired) electrons.